The molecule has 3 nitrogen and oxygen atoms in total. The van der Waals surface area contributed by atoms with Crippen LogP contribution in [0.15, 0.2) is 24.3 Å². The summed E-state index contributed by atoms with van der Waals surface area (Å²) in [7, 11) is 0. The summed E-state index contributed by atoms with van der Waals surface area (Å²) in [5.41, 5.74) is 6.42. The zero-order valence-electron chi connectivity index (χ0n) is 9.91. The van der Waals surface area contributed by atoms with E-state index < -0.39 is 0 Å². The Hall–Kier alpha value is -1.22. The van der Waals surface area contributed by atoms with Crippen LogP contribution in [0, 0.1) is 5.41 Å². The van der Waals surface area contributed by atoms with Crippen molar-refractivity contribution in [3.8, 4) is 5.75 Å². The molecular weight excluding hydrogens is 224 g/mol. The van der Waals surface area contributed by atoms with Gasteiger partial charge in [-0.15, -0.1) is 12.4 Å². The second-order valence-corrected chi connectivity index (χ2v) is 4.56. The molecule has 0 bridgehead atoms. The molecule has 0 aliphatic heterocycles. The van der Waals surface area contributed by atoms with Crippen molar-refractivity contribution in [2.45, 2.75) is 26.2 Å². The number of hydrogen-bond donors (Lipinski definition) is 2. The van der Waals surface area contributed by atoms with Gasteiger partial charge >= 0.3 is 0 Å². The molecule has 0 aromatic heterocycles. The van der Waals surface area contributed by atoms with Gasteiger partial charge < -0.3 is 10.5 Å². The van der Waals surface area contributed by atoms with Gasteiger partial charge in [-0.25, -0.2) is 0 Å². The molecule has 90 valence electrons. The highest BCUT2D eigenvalue weighted by Gasteiger charge is 2.18. The summed E-state index contributed by atoms with van der Waals surface area (Å²) in [4.78, 5) is 0. The van der Waals surface area contributed by atoms with E-state index in [9.17, 15) is 0 Å². The summed E-state index contributed by atoms with van der Waals surface area (Å²) < 4.78 is 5.48. The lowest BCUT2D eigenvalue weighted by molar-refractivity contribution is 0.361. The van der Waals surface area contributed by atoms with Gasteiger partial charge in [0.05, 0.1) is 0 Å². The van der Waals surface area contributed by atoms with Crippen LogP contribution in [0.4, 0.5) is 0 Å². The van der Waals surface area contributed by atoms with Gasteiger partial charge in [-0.05, 0) is 17.0 Å². The first-order valence-corrected chi connectivity index (χ1v) is 4.96. The predicted molar refractivity (Wildman–Crippen MR) is 69.8 cm³/mol. The highest BCUT2D eigenvalue weighted by molar-refractivity contribution is 5.85. The Morgan fingerprint density at radius 1 is 1.31 bits per heavy atom. The van der Waals surface area contributed by atoms with Crippen molar-refractivity contribution >= 4 is 18.2 Å². The van der Waals surface area contributed by atoms with E-state index in [2.05, 4.69) is 20.8 Å². The van der Waals surface area contributed by atoms with Crippen LogP contribution in [0.2, 0.25) is 0 Å². The molecule has 3 N–H and O–H groups in total. The molecule has 0 fully saturated rings. The van der Waals surface area contributed by atoms with E-state index in [0.717, 1.165) is 11.3 Å². The molecule has 1 rings (SSSR count). The van der Waals surface area contributed by atoms with Crippen LogP contribution in [-0.2, 0) is 5.41 Å². The van der Waals surface area contributed by atoms with Gasteiger partial charge in [-0.1, -0.05) is 39.0 Å². The fourth-order valence-corrected chi connectivity index (χ4v) is 1.37. The molecule has 1 aromatic rings. The number of amidine groups is 1. The van der Waals surface area contributed by atoms with E-state index in [0.29, 0.717) is 0 Å². The van der Waals surface area contributed by atoms with Gasteiger partial charge in [0, 0.05) is 0 Å². The second-order valence-electron chi connectivity index (χ2n) is 4.56. The summed E-state index contributed by atoms with van der Waals surface area (Å²) in [6.45, 7) is 6.53. The monoisotopic (exact) mass is 242 g/mol. The molecule has 0 atom stereocenters. The predicted octanol–water partition coefficient (Wildman–Crippen LogP) is 2.72. The number of ether oxygens (including phenoxy) is 1. The average Bonchev–Trinajstić information content (AvgIpc) is 2.13. The Labute approximate surface area is 103 Å². The molecule has 0 saturated carbocycles. The third kappa shape index (κ3) is 4.11. The number of rotatable bonds is 3. The van der Waals surface area contributed by atoms with Crippen LogP contribution in [0.3, 0.4) is 0 Å². The third-order valence-electron chi connectivity index (χ3n) is 2.08. The van der Waals surface area contributed by atoms with Crippen molar-refractivity contribution < 1.29 is 4.74 Å². The molecule has 0 aliphatic carbocycles. The van der Waals surface area contributed by atoms with Crippen molar-refractivity contribution in [2.75, 3.05) is 6.61 Å². The molecule has 0 amide bonds. The number of nitrogens with one attached hydrogen (secondary N) is 1. The first-order valence-electron chi connectivity index (χ1n) is 4.96. The lowest BCUT2D eigenvalue weighted by Crippen LogP contribution is -2.21. The van der Waals surface area contributed by atoms with Crippen LogP contribution in [-0.4, -0.2) is 12.4 Å². The average molecular weight is 243 g/mol. The smallest absolute Gasteiger partial charge is 0.145 e. The number of halogens is 1. The molecule has 16 heavy (non-hydrogen) atoms. The van der Waals surface area contributed by atoms with Crippen molar-refractivity contribution in [2.24, 2.45) is 5.73 Å². The normalized spacial score (nSPS) is 10.4. The van der Waals surface area contributed by atoms with Crippen molar-refractivity contribution in [1.82, 2.24) is 0 Å². The Morgan fingerprint density at radius 3 is 2.38 bits per heavy atom. The van der Waals surface area contributed by atoms with Crippen LogP contribution < -0.4 is 10.5 Å². The van der Waals surface area contributed by atoms with Crippen molar-refractivity contribution in [3.05, 3.63) is 29.8 Å². The molecule has 0 saturated heterocycles. The largest absolute Gasteiger partial charge is 0.485 e. The van der Waals surface area contributed by atoms with Gasteiger partial charge in [0.15, 0.2) is 0 Å². The zero-order valence-corrected chi connectivity index (χ0v) is 10.7. The summed E-state index contributed by atoms with van der Waals surface area (Å²) in [6, 6.07) is 7.85. The lowest BCUT2D eigenvalue weighted by Gasteiger charge is -2.22. The highest BCUT2D eigenvalue weighted by Crippen LogP contribution is 2.30. The number of nitrogens with two attached hydrogens (primary N) is 1. The van der Waals surface area contributed by atoms with Crippen LogP contribution in [0.25, 0.3) is 0 Å². The first-order chi connectivity index (χ1) is 6.91. The molecule has 0 aliphatic rings. The molecule has 1 aromatic carbocycles. The Balaban J connectivity index is 0.00000225. The minimum absolute atomic E-state index is 0. The lowest BCUT2D eigenvalue weighted by atomic mass is 9.86. The summed E-state index contributed by atoms with van der Waals surface area (Å²) >= 11 is 0. The fourth-order valence-electron chi connectivity index (χ4n) is 1.37. The van der Waals surface area contributed by atoms with Crippen molar-refractivity contribution in [3.63, 3.8) is 0 Å². The molecule has 0 unspecified atom stereocenters. The van der Waals surface area contributed by atoms with E-state index in [1.165, 1.54) is 0 Å². The molecular formula is C12H19ClN2O. The standard InChI is InChI=1S/C12H18N2O.ClH/c1-12(2,3)9-6-4-5-7-10(9)15-8-11(13)14;/h4-7H,8H2,1-3H3,(H3,13,14);1H. The number of benzene rings is 1. The summed E-state index contributed by atoms with van der Waals surface area (Å²) in [6.07, 6.45) is 0. The summed E-state index contributed by atoms with van der Waals surface area (Å²) in [5.74, 6) is 0.846. The first kappa shape index (κ1) is 14.8. The molecule has 0 heterocycles. The number of para-hydroxylation sites is 1. The van der Waals surface area contributed by atoms with E-state index in [-0.39, 0.29) is 30.3 Å². The van der Waals surface area contributed by atoms with Gasteiger partial charge in [0.25, 0.3) is 0 Å². The van der Waals surface area contributed by atoms with Gasteiger partial charge in [0.2, 0.25) is 0 Å². The zero-order chi connectivity index (χ0) is 11.5. The maximum absolute atomic E-state index is 7.12. The van der Waals surface area contributed by atoms with E-state index in [4.69, 9.17) is 15.9 Å². The molecule has 0 radical (unpaired) electrons. The van der Waals surface area contributed by atoms with E-state index in [1.54, 1.807) is 0 Å². The van der Waals surface area contributed by atoms with Crippen LogP contribution >= 0.6 is 12.4 Å². The van der Waals surface area contributed by atoms with E-state index >= 15 is 0 Å². The highest BCUT2D eigenvalue weighted by atomic mass is 35.5. The Morgan fingerprint density at radius 2 is 1.88 bits per heavy atom. The molecule has 4 heteroatoms. The minimum Gasteiger partial charge on any atom is -0.485 e. The summed E-state index contributed by atoms with van der Waals surface area (Å²) in [5, 5.41) is 7.12. The SMILES string of the molecule is CC(C)(C)c1ccccc1OCC(=N)N.Cl. The van der Waals surface area contributed by atoms with Gasteiger partial charge in [-0.3, -0.25) is 5.41 Å². The Kier molecular flexibility index (Phi) is 5.31. The fraction of sp³-hybridized carbons (Fsp3) is 0.417. The number of hydrogen-bond acceptors (Lipinski definition) is 2. The van der Waals surface area contributed by atoms with E-state index in [1.807, 2.05) is 24.3 Å². The van der Waals surface area contributed by atoms with Crippen LogP contribution in [0.5, 0.6) is 5.75 Å². The maximum atomic E-state index is 7.12. The van der Waals surface area contributed by atoms with Crippen LogP contribution in [0.1, 0.15) is 26.3 Å². The van der Waals surface area contributed by atoms with Gasteiger partial charge in [-0.2, -0.15) is 0 Å². The van der Waals surface area contributed by atoms with Gasteiger partial charge in [0.1, 0.15) is 18.2 Å². The quantitative estimate of drug-likeness (QED) is 0.633. The minimum atomic E-state index is 0. The second kappa shape index (κ2) is 5.75. The topological polar surface area (TPSA) is 59.1 Å². The maximum Gasteiger partial charge on any atom is 0.145 e. The molecule has 0 spiro atoms. The third-order valence-corrected chi connectivity index (χ3v) is 2.08. The van der Waals surface area contributed by atoms with Crippen molar-refractivity contribution in [1.29, 1.82) is 5.41 Å². The Bertz CT molecular complexity index is 358.